The van der Waals surface area contributed by atoms with Gasteiger partial charge in [-0.25, -0.2) is 13.4 Å². The van der Waals surface area contributed by atoms with E-state index in [2.05, 4.69) is 10.3 Å². The number of hydrogen-bond donors (Lipinski definition) is 1. The van der Waals surface area contributed by atoms with Crippen molar-refractivity contribution in [1.82, 2.24) is 4.98 Å². The van der Waals surface area contributed by atoms with Crippen LogP contribution in [0.25, 0.3) is 10.2 Å². The minimum atomic E-state index is -3.31. The minimum Gasteiger partial charge on any atom is -0.312 e. The van der Waals surface area contributed by atoms with Crippen molar-refractivity contribution in [3.63, 3.8) is 0 Å². The van der Waals surface area contributed by atoms with Gasteiger partial charge in [0, 0.05) is 24.9 Å². The maximum atomic E-state index is 12.6. The molecular weight excluding hydrogens is 398 g/mol. The first-order chi connectivity index (χ1) is 13.3. The zero-order chi connectivity index (χ0) is 19.9. The maximum absolute atomic E-state index is 12.6. The van der Waals surface area contributed by atoms with Crippen LogP contribution in [0.3, 0.4) is 0 Å². The number of aromatic nitrogens is 1. The highest BCUT2D eigenvalue weighted by atomic mass is 32.2. The second-order valence-electron chi connectivity index (χ2n) is 6.65. The number of fused-ring (bicyclic) bond motifs is 1. The average molecular weight is 415 g/mol. The molecule has 2 amide bonds. The standard InChI is InChI=1S/C19H17N3O4S2/c1-28(25,26)14-7-8-15-16(10-14)27-19(20-15)21-18(24)12-9-17(23)22(11-12)13-5-3-2-4-6-13/h2-8,10,12H,9,11H2,1H3,(H,20,21,24)/t12-/m1/s1. The average Bonchev–Trinajstić information content (AvgIpc) is 3.23. The number of hydrogen-bond acceptors (Lipinski definition) is 6. The van der Waals surface area contributed by atoms with Crippen LogP contribution in [0.1, 0.15) is 6.42 Å². The van der Waals surface area contributed by atoms with Crippen molar-refractivity contribution in [2.24, 2.45) is 5.92 Å². The van der Waals surface area contributed by atoms with E-state index in [4.69, 9.17) is 0 Å². The molecule has 1 aliphatic rings. The third kappa shape index (κ3) is 3.63. The molecule has 1 N–H and O–H groups in total. The van der Waals surface area contributed by atoms with E-state index in [1.165, 1.54) is 17.4 Å². The van der Waals surface area contributed by atoms with E-state index < -0.39 is 15.8 Å². The summed E-state index contributed by atoms with van der Waals surface area (Å²) in [7, 11) is -3.31. The Morgan fingerprint density at radius 2 is 1.96 bits per heavy atom. The number of benzene rings is 2. The SMILES string of the molecule is CS(=O)(=O)c1ccc2nc(NC(=O)[C@@H]3CC(=O)N(c4ccccc4)C3)sc2c1. The van der Waals surface area contributed by atoms with Crippen LogP contribution in [-0.4, -0.2) is 38.0 Å². The van der Waals surface area contributed by atoms with Gasteiger partial charge < -0.3 is 10.2 Å². The fourth-order valence-corrected chi connectivity index (χ4v) is 4.77. The van der Waals surface area contributed by atoms with E-state index >= 15 is 0 Å². The van der Waals surface area contributed by atoms with Gasteiger partial charge in [-0.05, 0) is 30.3 Å². The molecule has 1 aliphatic heterocycles. The molecule has 0 bridgehead atoms. The second kappa shape index (κ2) is 6.99. The van der Waals surface area contributed by atoms with Crippen LogP contribution in [0.2, 0.25) is 0 Å². The summed E-state index contributed by atoms with van der Waals surface area (Å²) in [5.41, 5.74) is 1.39. The topological polar surface area (TPSA) is 96.4 Å². The number of carbonyl (C=O) groups excluding carboxylic acids is 2. The van der Waals surface area contributed by atoms with E-state index in [-0.39, 0.29) is 23.1 Å². The number of amides is 2. The van der Waals surface area contributed by atoms with Crippen LogP contribution in [0.4, 0.5) is 10.8 Å². The maximum Gasteiger partial charge on any atom is 0.231 e. The minimum absolute atomic E-state index is 0.0894. The smallest absolute Gasteiger partial charge is 0.231 e. The molecule has 0 unspecified atom stereocenters. The van der Waals surface area contributed by atoms with Crippen LogP contribution in [0.15, 0.2) is 53.4 Å². The fourth-order valence-electron chi connectivity index (χ4n) is 3.14. The highest BCUT2D eigenvalue weighted by Crippen LogP contribution is 2.30. The summed E-state index contributed by atoms with van der Waals surface area (Å²) in [6.45, 7) is 0.317. The largest absolute Gasteiger partial charge is 0.312 e. The van der Waals surface area contributed by atoms with Crippen molar-refractivity contribution in [3.05, 3.63) is 48.5 Å². The van der Waals surface area contributed by atoms with Crippen molar-refractivity contribution in [2.45, 2.75) is 11.3 Å². The van der Waals surface area contributed by atoms with Gasteiger partial charge in [0.25, 0.3) is 0 Å². The number of para-hydroxylation sites is 1. The summed E-state index contributed by atoms with van der Waals surface area (Å²) in [4.78, 5) is 31.1. The molecule has 0 spiro atoms. The van der Waals surface area contributed by atoms with Gasteiger partial charge in [-0.1, -0.05) is 29.5 Å². The van der Waals surface area contributed by atoms with Crippen LogP contribution < -0.4 is 10.2 Å². The summed E-state index contributed by atoms with van der Waals surface area (Å²) >= 11 is 1.21. The quantitative estimate of drug-likeness (QED) is 0.707. The van der Waals surface area contributed by atoms with Crippen molar-refractivity contribution in [2.75, 3.05) is 23.0 Å². The first-order valence-electron chi connectivity index (χ1n) is 8.58. The molecule has 7 nitrogen and oxygen atoms in total. The van der Waals surface area contributed by atoms with Crippen molar-refractivity contribution in [1.29, 1.82) is 0 Å². The molecule has 0 aliphatic carbocycles. The first kappa shape index (κ1) is 18.6. The van der Waals surface area contributed by atoms with Gasteiger partial charge >= 0.3 is 0 Å². The van der Waals surface area contributed by atoms with E-state index in [1.54, 1.807) is 17.0 Å². The molecule has 2 aromatic carbocycles. The number of anilines is 2. The molecule has 144 valence electrons. The first-order valence-corrected chi connectivity index (χ1v) is 11.3. The monoisotopic (exact) mass is 415 g/mol. The van der Waals surface area contributed by atoms with Gasteiger partial charge in [-0.15, -0.1) is 0 Å². The van der Waals surface area contributed by atoms with Gasteiger partial charge in [0.05, 0.1) is 21.0 Å². The Balaban J connectivity index is 1.50. The molecule has 1 saturated heterocycles. The lowest BCUT2D eigenvalue weighted by atomic mass is 10.1. The van der Waals surface area contributed by atoms with Gasteiger partial charge in [0.2, 0.25) is 11.8 Å². The Labute approximate surface area is 165 Å². The molecular formula is C19H17N3O4S2. The molecule has 4 rings (SSSR count). The number of nitrogens with one attached hydrogen (secondary N) is 1. The number of nitrogens with zero attached hydrogens (tertiary/aromatic N) is 2. The molecule has 9 heteroatoms. The van der Waals surface area contributed by atoms with E-state index in [0.717, 1.165) is 11.9 Å². The molecule has 28 heavy (non-hydrogen) atoms. The molecule has 0 radical (unpaired) electrons. The predicted octanol–water partition coefficient (Wildman–Crippen LogP) is 2.69. The van der Waals surface area contributed by atoms with Crippen molar-refractivity contribution < 1.29 is 18.0 Å². The Kier molecular flexibility index (Phi) is 4.64. The number of rotatable bonds is 4. The summed E-state index contributed by atoms with van der Waals surface area (Å²) in [6, 6.07) is 13.9. The Bertz CT molecular complexity index is 1170. The summed E-state index contributed by atoms with van der Waals surface area (Å²) in [5.74, 6) is -0.825. The van der Waals surface area contributed by atoms with E-state index in [9.17, 15) is 18.0 Å². The number of carbonyl (C=O) groups is 2. The molecule has 1 aromatic heterocycles. The van der Waals surface area contributed by atoms with Crippen LogP contribution in [0.5, 0.6) is 0 Å². The Morgan fingerprint density at radius 1 is 1.21 bits per heavy atom. The molecule has 1 atom stereocenters. The Hall–Kier alpha value is -2.78. The molecule has 0 saturated carbocycles. The van der Waals surface area contributed by atoms with Crippen LogP contribution >= 0.6 is 11.3 Å². The molecule has 1 fully saturated rings. The summed E-state index contributed by atoms with van der Waals surface area (Å²) in [6.07, 6.45) is 1.29. The highest BCUT2D eigenvalue weighted by molar-refractivity contribution is 7.90. The zero-order valence-electron chi connectivity index (χ0n) is 15.0. The summed E-state index contributed by atoms with van der Waals surface area (Å²) in [5, 5.41) is 3.15. The lowest BCUT2D eigenvalue weighted by Crippen LogP contribution is -2.28. The number of thiazole rings is 1. The summed E-state index contributed by atoms with van der Waals surface area (Å²) < 4.78 is 24.1. The predicted molar refractivity (Wildman–Crippen MR) is 108 cm³/mol. The van der Waals surface area contributed by atoms with Crippen molar-refractivity contribution >= 4 is 54.0 Å². The van der Waals surface area contributed by atoms with Crippen LogP contribution in [-0.2, 0) is 19.4 Å². The highest BCUT2D eigenvalue weighted by Gasteiger charge is 2.35. The van der Waals surface area contributed by atoms with Gasteiger partial charge in [-0.3, -0.25) is 9.59 Å². The third-order valence-corrected chi connectivity index (χ3v) is 6.63. The zero-order valence-corrected chi connectivity index (χ0v) is 16.6. The van der Waals surface area contributed by atoms with E-state index in [1.807, 2.05) is 30.3 Å². The fraction of sp³-hybridized carbons (Fsp3) is 0.211. The second-order valence-corrected chi connectivity index (χ2v) is 9.70. The van der Waals surface area contributed by atoms with Crippen molar-refractivity contribution in [3.8, 4) is 0 Å². The lowest BCUT2D eigenvalue weighted by molar-refractivity contribution is -0.122. The van der Waals surface area contributed by atoms with Gasteiger partial charge in [0.1, 0.15) is 0 Å². The third-order valence-electron chi connectivity index (χ3n) is 4.58. The van der Waals surface area contributed by atoms with Gasteiger partial charge in [-0.2, -0.15) is 0 Å². The molecule has 2 heterocycles. The van der Waals surface area contributed by atoms with E-state index in [0.29, 0.717) is 21.9 Å². The Morgan fingerprint density at radius 3 is 2.68 bits per heavy atom. The van der Waals surface area contributed by atoms with Gasteiger partial charge in [0.15, 0.2) is 15.0 Å². The molecule has 3 aromatic rings. The lowest BCUT2D eigenvalue weighted by Gasteiger charge is -2.16. The number of sulfone groups is 1. The normalized spacial score (nSPS) is 17.2. The van der Waals surface area contributed by atoms with Crippen LogP contribution in [0, 0.1) is 5.92 Å².